The maximum atomic E-state index is 13.4. The molecule has 2 aliphatic heterocycles. The minimum Gasteiger partial charge on any atom is -0.323 e. The zero-order valence-corrected chi connectivity index (χ0v) is 20.9. The second kappa shape index (κ2) is 9.37. The van der Waals surface area contributed by atoms with E-state index >= 15 is 0 Å². The zero-order chi connectivity index (χ0) is 24.6. The fraction of sp³-hybridized carbons (Fsp3) is 0.462. The van der Waals surface area contributed by atoms with Crippen molar-refractivity contribution in [2.45, 2.75) is 49.5 Å². The first-order valence-corrected chi connectivity index (χ1v) is 13.8. The fourth-order valence-corrected chi connectivity index (χ4v) is 6.83. The highest BCUT2D eigenvalue weighted by Gasteiger charge is 2.52. The van der Waals surface area contributed by atoms with Crippen LogP contribution in [0.5, 0.6) is 0 Å². The van der Waals surface area contributed by atoms with E-state index in [4.69, 9.17) is 0 Å². The highest BCUT2D eigenvalue weighted by atomic mass is 32.2. The normalized spacial score (nSPS) is 23.5. The molecule has 2 fully saturated rings. The van der Waals surface area contributed by atoms with Gasteiger partial charge in [-0.3, -0.25) is 9.69 Å². The van der Waals surface area contributed by atoms with Gasteiger partial charge in [-0.2, -0.15) is 4.31 Å². The van der Waals surface area contributed by atoms with Crippen molar-refractivity contribution >= 4 is 22.0 Å². The molecule has 0 bridgehead atoms. The van der Waals surface area contributed by atoms with E-state index in [0.717, 1.165) is 30.4 Å². The number of nitrogens with one attached hydrogen (secondary N) is 1. The van der Waals surface area contributed by atoms with Gasteiger partial charge < -0.3 is 5.32 Å². The molecule has 1 spiro atoms. The van der Waals surface area contributed by atoms with Crippen LogP contribution in [0.25, 0.3) is 0 Å². The number of benzene rings is 2. The molecule has 1 atom stereocenters. The van der Waals surface area contributed by atoms with Gasteiger partial charge in [-0.05, 0) is 48.1 Å². The number of hydrogen-bond donors (Lipinski definition) is 1. The summed E-state index contributed by atoms with van der Waals surface area (Å²) in [6.45, 7) is 3.83. The summed E-state index contributed by atoms with van der Waals surface area (Å²) in [5.74, 6) is -0.181. The van der Waals surface area contributed by atoms with Crippen LogP contribution >= 0.6 is 0 Å². The zero-order valence-electron chi connectivity index (χ0n) is 20.1. The largest absolute Gasteiger partial charge is 0.326 e. The average Bonchev–Trinajstić information content (AvgIpc) is 3.08. The first-order chi connectivity index (χ1) is 16.8. The Balaban J connectivity index is 1.21. The molecule has 0 saturated carbocycles. The number of urea groups is 1. The van der Waals surface area contributed by atoms with Gasteiger partial charge in [0.25, 0.3) is 5.91 Å². The van der Waals surface area contributed by atoms with Gasteiger partial charge in [0.15, 0.2) is 0 Å². The number of nitrogens with zero attached hydrogens (tertiary/aromatic N) is 3. The molecule has 2 aromatic carbocycles. The molecule has 3 aliphatic rings. The Labute approximate surface area is 206 Å². The summed E-state index contributed by atoms with van der Waals surface area (Å²) in [7, 11) is -3.57. The summed E-state index contributed by atoms with van der Waals surface area (Å²) in [5.41, 5.74) is 2.59. The van der Waals surface area contributed by atoms with Gasteiger partial charge in [0.1, 0.15) is 5.54 Å². The molecule has 8 nitrogen and oxygen atoms in total. The van der Waals surface area contributed by atoms with Crippen molar-refractivity contribution in [3.05, 3.63) is 65.2 Å². The summed E-state index contributed by atoms with van der Waals surface area (Å²) >= 11 is 0. The second-order valence-corrected chi connectivity index (χ2v) is 11.7. The second-order valence-electron chi connectivity index (χ2n) is 9.75. The van der Waals surface area contributed by atoms with E-state index in [-0.39, 0.29) is 18.6 Å². The minimum absolute atomic E-state index is 0.174. The van der Waals surface area contributed by atoms with Crippen LogP contribution in [0, 0.1) is 0 Å². The van der Waals surface area contributed by atoms with Gasteiger partial charge in [0.05, 0.1) is 11.6 Å². The number of carbonyl (C=O) groups is 2. The molecular weight excluding hydrogens is 464 g/mol. The third-order valence-corrected chi connectivity index (χ3v) is 9.36. The van der Waals surface area contributed by atoms with Crippen molar-refractivity contribution in [2.75, 3.05) is 32.8 Å². The molecule has 5 rings (SSSR count). The van der Waals surface area contributed by atoms with E-state index in [1.54, 1.807) is 12.1 Å². The number of aryl methyl sites for hydroxylation is 2. The number of piperazine rings is 1. The quantitative estimate of drug-likeness (QED) is 0.621. The number of fused-ring (bicyclic) bond motifs is 1. The summed E-state index contributed by atoms with van der Waals surface area (Å²) < 4.78 is 27.7. The Hall–Kier alpha value is -2.75. The van der Waals surface area contributed by atoms with Crippen molar-refractivity contribution in [1.29, 1.82) is 0 Å². The Morgan fingerprint density at radius 2 is 1.63 bits per heavy atom. The predicted octanol–water partition coefficient (Wildman–Crippen LogP) is 2.38. The van der Waals surface area contributed by atoms with E-state index in [9.17, 15) is 18.0 Å². The van der Waals surface area contributed by atoms with Crippen LogP contribution < -0.4 is 5.32 Å². The van der Waals surface area contributed by atoms with E-state index in [1.165, 1.54) is 14.8 Å². The highest BCUT2D eigenvalue weighted by Crippen LogP contribution is 2.33. The minimum atomic E-state index is -3.57. The molecule has 1 unspecified atom stereocenters. The summed E-state index contributed by atoms with van der Waals surface area (Å²) in [4.78, 5) is 29.7. The van der Waals surface area contributed by atoms with Crippen LogP contribution in [0.15, 0.2) is 53.4 Å². The maximum absolute atomic E-state index is 13.4. The summed E-state index contributed by atoms with van der Waals surface area (Å²) in [5, 5.41) is 2.97. The molecule has 3 amide bonds. The van der Waals surface area contributed by atoms with Gasteiger partial charge in [-0.1, -0.05) is 49.7 Å². The molecule has 1 N–H and O–H groups in total. The lowest BCUT2D eigenvalue weighted by Crippen LogP contribution is -2.54. The molecule has 2 heterocycles. The van der Waals surface area contributed by atoms with Gasteiger partial charge in [-0.15, -0.1) is 0 Å². The number of sulfonamides is 1. The molecular formula is C26H32N4O4S. The molecule has 0 radical (unpaired) electrons. The first kappa shape index (κ1) is 24.0. The van der Waals surface area contributed by atoms with Crippen molar-refractivity contribution < 1.29 is 18.0 Å². The van der Waals surface area contributed by atoms with Crippen molar-refractivity contribution in [3.8, 4) is 0 Å². The topological polar surface area (TPSA) is 90.0 Å². The van der Waals surface area contributed by atoms with Crippen molar-refractivity contribution in [2.24, 2.45) is 0 Å². The van der Waals surface area contributed by atoms with Crippen molar-refractivity contribution in [3.63, 3.8) is 0 Å². The number of carbonyl (C=O) groups excluding carboxylic acids is 2. The van der Waals surface area contributed by atoms with Crippen molar-refractivity contribution in [1.82, 2.24) is 19.4 Å². The molecule has 2 saturated heterocycles. The molecule has 186 valence electrons. The molecule has 9 heteroatoms. The smallest absolute Gasteiger partial charge is 0.323 e. The lowest BCUT2D eigenvalue weighted by atomic mass is 9.78. The third kappa shape index (κ3) is 4.48. The molecule has 1 aliphatic carbocycles. The van der Waals surface area contributed by atoms with E-state index in [2.05, 4.69) is 18.3 Å². The Kier molecular flexibility index (Phi) is 6.41. The van der Waals surface area contributed by atoms with Crippen LogP contribution in [0.3, 0.4) is 0 Å². The number of imide groups is 1. The monoisotopic (exact) mass is 496 g/mol. The standard InChI is InChI=1S/C26H32N4O4S/c1-2-5-20-8-10-23(11-9-20)35(33,34)29-16-14-28(15-17-29)19-30-24(31)26(27-25(30)32)13-12-21-6-3-4-7-22(21)18-26/h3-4,6-11H,2,5,12-19H2,1H3,(H,27,32). The van der Waals surface area contributed by atoms with Crippen LogP contribution in [-0.4, -0.2) is 72.8 Å². The third-order valence-electron chi connectivity index (χ3n) is 7.45. The van der Waals surface area contributed by atoms with Crippen LogP contribution in [0.4, 0.5) is 4.79 Å². The Bertz CT molecular complexity index is 1220. The predicted molar refractivity (Wildman–Crippen MR) is 132 cm³/mol. The highest BCUT2D eigenvalue weighted by molar-refractivity contribution is 7.89. The van der Waals surface area contributed by atoms with E-state index < -0.39 is 15.6 Å². The summed E-state index contributed by atoms with van der Waals surface area (Å²) in [6, 6.07) is 14.8. The molecule has 2 aromatic rings. The van der Waals surface area contributed by atoms with Gasteiger partial charge in [-0.25, -0.2) is 18.1 Å². The number of amides is 3. The molecule has 0 aromatic heterocycles. The Morgan fingerprint density at radius 1 is 0.943 bits per heavy atom. The SMILES string of the molecule is CCCc1ccc(S(=O)(=O)N2CCN(CN3C(=O)NC4(CCc5ccccc5C4)C3=O)CC2)cc1. The molecule has 35 heavy (non-hydrogen) atoms. The number of hydrogen-bond acceptors (Lipinski definition) is 5. The van der Waals surface area contributed by atoms with Gasteiger partial charge >= 0.3 is 6.03 Å². The first-order valence-electron chi connectivity index (χ1n) is 12.3. The van der Waals surface area contributed by atoms with E-state index in [0.29, 0.717) is 43.9 Å². The van der Waals surface area contributed by atoms with Gasteiger partial charge in [0.2, 0.25) is 10.0 Å². The van der Waals surface area contributed by atoms with Crippen LogP contribution in [-0.2, 0) is 34.1 Å². The summed E-state index contributed by atoms with van der Waals surface area (Å²) in [6.07, 6.45) is 3.79. The lowest BCUT2D eigenvalue weighted by molar-refractivity contribution is -0.133. The van der Waals surface area contributed by atoms with E-state index in [1.807, 2.05) is 35.2 Å². The lowest BCUT2D eigenvalue weighted by Gasteiger charge is -2.36. The Morgan fingerprint density at radius 3 is 2.31 bits per heavy atom. The number of rotatable bonds is 6. The van der Waals surface area contributed by atoms with Crippen LogP contribution in [0.2, 0.25) is 0 Å². The average molecular weight is 497 g/mol. The fourth-order valence-electron chi connectivity index (χ4n) is 5.41. The van der Waals surface area contributed by atoms with Gasteiger partial charge in [0, 0.05) is 32.6 Å². The van der Waals surface area contributed by atoms with Crippen LogP contribution in [0.1, 0.15) is 36.5 Å². The maximum Gasteiger partial charge on any atom is 0.326 e.